The van der Waals surface area contributed by atoms with E-state index in [1.54, 1.807) is 34.9 Å². The number of pyridine rings is 3. The highest BCUT2D eigenvalue weighted by Crippen LogP contribution is 2.26. The van der Waals surface area contributed by atoms with Crippen LogP contribution in [0.15, 0.2) is 83.0 Å². The number of aromatic nitrogens is 3. The van der Waals surface area contributed by atoms with Gasteiger partial charge in [-0.1, -0.05) is 23.4 Å². The van der Waals surface area contributed by atoms with Crippen LogP contribution in [0.2, 0.25) is 0 Å². The average Bonchev–Trinajstić information content (AvgIpc) is 2.80. The summed E-state index contributed by atoms with van der Waals surface area (Å²) in [6.45, 7) is 1.82. The van der Waals surface area contributed by atoms with Crippen molar-refractivity contribution in [1.82, 2.24) is 14.5 Å². The number of hydrogen-bond donors (Lipinski definition) is 1. The van der Waals surface area contributed by atoms with Gasteiger partial charge in [-0.05, 0) is 48.9 Å². The maximum absolute atomic E-state index is 13.2. The Bertz CT molecular complexity index is 1340. The number of nitrogens with zero attached hydrogens (tertiary/aromatic N) is 4. The Labute approximate surface area is 182 Å². The fourth-order valence-electron chi connectivity index (χ4n) is 3.49. The highest BCUT2D eigenvalue weighted by atomic mass is 19.1. The van der Waals surface area contributed by atoms with Crippen LogP contribution in [0.1, 0.15) is 23.1 Å². The van der Waals surface area contributed by atoms with Crippen molar-refractivity contribution in [3.05, 3.63) is 111 Å². The summed E-state index contributed by atoms with van der Waals surface area (Å²) >= 11 is 0. The Balaban J connectivity index is 1.77. The zero-order valence-corrected chi connectivity index (χ0v) is 17.1. The summed E-state index contributed by atoms with van der Waals surface area (Å²) in [6, 6.07) is 15.9. The van der Waals surface area contributed by atoms with Gasteiger partial charge in [-0.25, -0.2) is 4.98 Å². The van der Waals surface area contributed by atoms with E-state index in [9.17, 15) is 19.2 Å². The van der Waals surface area contributed by atoms with Gasteiger partial charge in [0.25, 0.3) is 0 Å². The van der Waals surface area contributed by atoms with Gasteiger partial charge in [0.1, 0.15) is 6.04 Å². The molecule has 0 bridgehead atoms. The number of nitroso groups, excluding NO2 is 1. The number of benzene rings is 1. The number of halogens is 1. The normalized spacial score (nSPS) is 11.8. The molecule has 0 radical (unpaired) electrons. The Morgan fingerprint density at radius 3 is 2.62 bits per heavy atom. The molecule has 32 heavy (non-hydrogen) atoms. The summed E-state index contributed by atoms with van der Waals surface area (Å²) in [6.07, 6.45) is 2.84. The predicted molar refractivity (Wildman–Crippen MR) is 118 cm³/mol. The van der Waals surface area contributed by atoms with Crippen molar-refractivity contribution in [1.29, 1.82) is 0 Å². The third kappa shape index (κ3) is 4.44. The first-order valence-electron chi connectivity index (χ1n) is 9.87. The van der Waals surface area contributed by atoms with E-state index in [4.69, 9.17) is 0 Å². The lowest BCUT2D eigenvalue weighted by Gasteiger charge is -2.17. The summed E-state index contributed by atoms with van der Waals surface area (Å²) in [5.74, 6) is -0.999. The van der Waals surface area contributed by atoms with Gasteiger partial charge in [0.15, 0.2) is 5.75 Å². The molecule has 8 heteroatoms. The standard InChI is InChI=1S/C24H19FN4O3/c1-15-4-2-7-20(27-15)21(28-32)11-19-12-22(30)23(31)14-29(19)18-6-3-5-16(10-18)17-8-9-24(25)26-13-17/h2-10,12-14,21,31H,11H2,1H3. The first-order valence-corrected chi connectivity index (χ1v) is 9.87. The third-order valence-corrected chi connectivity index (χ3v) is 5.08. The number of aryl methyl sites for hydroxylation is 1. The van der Waals surface area contributed by atoms with Crippen molar-refractivity contribution in [2.24, 2.45) is 5.18 Å². The second-order valence-corrected chi connectivity index (χ2v) is 7.33. The SMILES string of the molecule is Cc1cccc(C(Cc2cc(=O)c(O)cn2-c2cccc(-c3ccc(F)nc3)c2)N=O)n1. The Morgan fingerprint density at radius 2 is 1.91 bits per heavy atom. The number of hydrogen-bond acceptors (Lipinski definition) is 6. The van der Waals surface area contributed by atoms with E-state index >= 15 is 0 Å². The lowest BCUT2D eigenvalue weighted by molar-refractivity contribution is 0.463. The summed E-state index contributed by atoms with van der Waals surface area (Å²) in [7, 11) is 0. The topological polar surface area (TPSA) is 97.4 Å². The summed E-state index contributed by atoms with van der Waals surface area (Å²) < 4.78 is 14.8. The molecule has 0 saturated heterocycles. The van der Waals surface area contributed by atoms with Crippen LogP contribution in [0.5, 0.6) is 5.75 Å². The first kappa shape index (κ1) is 21.0. The average molecular weight is 430 g/mol. The van der Waals surface area contributed by atoms with Crippen molar-refractivity contribution < 1.29 is 9.50 Å². The molecule has 0 amide bonds. The largest absolute Gasteiger partial charge is 0.503 e. The van der Waals surface area contributed by atoms with E-state index in [2.05, 4.69) is 15.1 Å². The smallest absolute Gasteiger partial charge is 0.223 e. The molecule has 0 aliphatic heterocycles. The van der Waals surface area contributed by atoms with Gasteiger partial charge in [-0.2, -0.15) is 9.30 Å². The van der Waals surface area contributed by atoms with Crippen LogP contribution in [0.3, 0.4) is 0 Å². The second kappa shape index (κ2) is 8.89. The van der Waals surface area contributed by atoms with Crippen LogP contribution in [-0.4, -0.2) is 19.6 Å². The molecule has 160 valence electrons. The van der Waals surface area contributed by atoms with Gasteiger partial charge in [-0.3, -0.25) is 9.78 Å². The van der Waals surface area contributed by atoms with E-state index < -0.39 is 23.2 Å². The second-order valence-electron chi connectivity index (χ2n) is 7.33. The maximum atomic E-state index is 13.2. The summed E-state index contributed by atoms with van der Waals surface area (Å²) in [5, 5.41) is 13.3. The summed E-state index contributed by atoms with van der Waals surface area (Å²) in [4.78, 5) is 31.9. The van der Waals surface area contributed by atoms with Gasteiger partial charge in [0.2, 0.25) is 11.4 Å². The zero-order chi connectivity index (χ0) is 22.7. The minimum atomic E-state index is -0.811. The van der Waals surface area contributed by atoms with Crippen LogP contribution >= 0.6 is 0 Å². The van der Waals surface area contributed by atoms with Crippen LogP contribution in [0.25, 0.3) is 16.8 Å². The molecule has 7 nitrogen and oxygen atoms in total. The number of rotatable bonds is 6. The van der Waals surface area contributed by atoms with Gasteiger partial charge in [0.05, 0.1) is 11.9 Å². The molecule has 1 N–H and O–H groups in total. The molecule has 0 spiro atoms. The molecule has 0 fully saturated rings. The van der Waals surface area contributed by atoms with Gasteiger partial charge in [-0.15, -0.1) is 0 Å². The monoisotopic (exact) mass is 430 g/mol. The molecule has 0 aliphatic rings. The zero-order valence-electron chi connectivity index (χ0n) is 17.1. The van der Waals surface area contributed by atoms with E-state index in [1.807, 2.05) is 25.1 Å². The maximum Gasteiger partial charge on any atom is 0.223 e. The highest BCUT2D eigenvalue weighted by Gasteiger charge is 2.18. The summed E-state index contributed by atoms with van der Waals surface area (Å²) in [5.41, 5.74) is 3.28. The Kier molecular flexibility index (Phi) is 5.85. The quantitative estimate of drug-likeness (QED) is 0.359. The third-order valence-electron chi connectivity index (χ3n) is 5.08. The van der Waals surface area contributed by atoms with Crippen LogP contribution in [0, 0.1) is 17.8 Å². The van der Waals surface area contributed by atoms with Crippen molar-refractivity contribution >= 4 is 0 Å². The Hall–Kier alpha value is -4.20. The fourth-order valence-corrected chi connectivity index (χ4v) is 3.49. The lowest BCUT2D eigenvalue weighted by atomic mass is 10.0. The van der Waals surface area contributed by atoms with Gasteiger partial charge >= 0.3 is 0 Å². The molecular weight excluding hydrogens is 411 g/mol. The first-order chi connectivity index (χ1) is 15.4. The van der Waals surface area contributed by atoms with E-state index in [0.29, 0.717) is 22.6 Å². The minimum Gasteiger partial charge on any atom is -0.503 e. The molecule has 4 aromatic rings. The van der Waals surface area contributed by atoms with Crippen molar-refractivity contribution in [3.63, 3.8) is 0 Å². The van der Waals surface area contributed by atoms with Crippen LogP contribution in [0.4, 0.5) is 4.39 Å². The van der Waals surface area contributed by atoms with Crippen molar-refractivity contribution in [3.8, 4) is 22.6 Å². The molecule has 3 aromatic heterocycles. The van der Waals surface area contributed by atoms with Crippen molar-refractivity contribution in [2.75, 3.05) is 0 Å². The van der Waals surface area contributed by atoms with Gasteiger partial charge in [0, 0.05) is 41.3 Å². The lowest BCUT2D eigenvalue weighted by Crippen LogP contribution is -2.14. The van der Waals surface area contributed by atoms with E-state index in [0.717, 1.165) is 11.3 Å². The highest BCUT2D eigenvalue weighted by molar-refractivity contribution is 5.65. The van der Waals surface area contributed by atoms with E-state index in [-0.39, 0.29) is 6.42 Å². The van der Waals surface area contributed by atoms with Gasteiger partial charge < -0.3 is 9.67 Å². The molecular formula is C24H19FN4O3. The predicted octanol–water partition coefficient (Wildman–Crippen LogP) is 4.50. The van der Waals surface area contributed by atoms with Crippen molar-refractivity contribution in [2.45, 2.75) is 19.4 Å². The minimum absolute atomic E-state index is 0.109. The number of aromatic hydroxyl groups is 1. The Morgan fingerprint density at radius 1 is 1.09 bits per heavy atom. The molecule has 1 aromatic carbocycles. The molecule has 0 saturated carbocycles. The molecule has 0 aliphatic carbocycles. The van der Waals surface area contributed by atoms with Crippen LogP contribution < -0.4 is 5.43 Å². The fraction of sp³-hybridized carbons (Fsp3) is 0.125. The molecule has 1 unspecified atom stereocenters. The molecule has 4 rings (SSSR count). The molecule has 1 atom stereocenters. The van der Waals surface area contributed by atoms with E-state index in [1.165, 1.54) is 24.5 Å². The molecule has 3 heterocycles. The van der Waals surface area contributed by atoms with Crippen LogP contribution in [-0.2, 0) is 6.42 Å².